The number of amides is 1. The molecule has 5 heteroatoms. The van der Waals surface area contributed by atoms with Crippen molar-refractivity contribution < 1.29 is 9.21 Å². The van der Waals surface area contributed by atoms with Crippen LogP contribution in [-0.4, -0.2) is 27.9 Å². The van der Waals surface area contributed by atoms with Crippen LogP contribution in [0.2, 0.25) is 0 Å². The number of furan rings is 1. The molecular weight excluding hydrogens is 284 g/mol. The highest BCUT2D eigenvalue weighted by molar-refractivity contribution is 7.13. The summed E-state index contributed by atoms with van der Waals surface area (Å²) in [7, 11) is 0. The van der Waals surface area contributed by atoms with Crippen molar-refractivity contribution in [1.29, 1.82) is 0 Å². The van der Waals surface area contributed by atoms with E-state index < -0.39 is 0 Å². The summed E-state index contributed by atoms with van der Waals surface area (Å²) < 4.78 is 5.36. The Morgan fingerprint density at radius 2 is 2.00 bits per heavy atom. The first kappa shape index (κ1) is 13.1. The van der Waals surface area contributed by atoms with Crippen LogP contribution in [-0.2, 0) is 0 Å². The van der Waals surface area contributed by atoms with E-state index in [1.807, 2.05) is 17.5 Å². The minimum atomic E-state index is 0.110. The number of hydrogen-bond donors (Lipinski definition) is 0. The van der Waals surface area contributed by atoms with Crippen LogP contribution in [0, 0.1) is 0 Å². The first-order valence-electron chi connectivity index (χ1n) is 7.65. The average molecular weight is 302 g/mol. The third-order valence-electron chi connectivity index (χ3n) is 4.35. The second-order valence-electron chi connectivity index (χ2n) is 5.90. The third kappa shape index (κ3) is 2.50. The maximum atomic E-state index is 12.8. The van der Waals surface area contributed by atoms with Gasteiger partial charge in [0, 0.05) is 17.5 Å². The molecule has 2 fully saturated rings. The molecule has 0 saturated heterocycles. The van der Waals surface area contributed by atoms with Crippen molar-refractivity contribution in [2.75, 3.05) is 0 Å². The Labute approximate surface area is 127 Å². The van der Waals surface area contributed by atoms with E-state index in [-0.39, 0.29) is 5.91 Å². The van der Waals surface area contributed by atoms with Gasteiger partial charge in [-0.05, 0) is 37.8 Å². The van der Waals surface area contributed by atoms with Gasteiger partial charge in [-0.2, -0.15) is 0 Å². The Morgan fingerprint density at radius 1 is 1.24 bits per heavy atom. The first-order chi connectivity index (χ1) is 10.3. The van der Waals surface area contributed by atoms with Crippen LogP contribution >= 0.6 is 11.3 Å². The molecule has 0 spiro atoms. The zero-order valence-electron chi connectivity index (χ0n) is 11.8. The molecule has 4 nitrogen and oxygen atoms in total. The number of nitrogens with zero attached hydrogens (tertiary/aromatic N) is 2. The summed E-state index contributed by atoms with van der Waals surface area (Å²) in [6.45, 7) is 0. The normalized spacial score (nSPS) is 19.0. The van der Waals surface area contributed by atoms with E-state index in [1.165, 1.54) is 24.2 Å². The summed E-state index contributed by atoms with van der Waals surface area (Å²) in [4.78, 5) is 19.4. The smallest absolute Gasteiger partial charge is 0.273 e. The number of carbonyl (C=O) groups excluding carboxylic acids is 1. The number of carbonyl (C=O) groups is 1. The van der Waals surface area contributed by atoms with Crippen LogP contribution in [0.5, 0.6) is 0 Å². The zero-order valence-corrected chi connectivity index (χ0v) is 12.6. The van der Waals surface area contributed by atoms with Gasteiger partial charge < -0.3 is 9.32 Å². The topological polar surface area (TPSA) is 46.3 Å². The van der Waals surface area contributed by atoms with Gasteiger partial charge in [0.15, 0.2) is 10.8 Å². The maximum Gasteiger partial charge on any atom is 0.273 e. The van der Waals surface area contributed by atoms with E-state index >= 15 is 0 Å². The standard InChI is InChI=1S/C16H18N2O2S/c19-16(18(12-7-8-12)11-4-1-2-5-11)13-10-21-15(17-13)14-6-3-9-20-14/h3,6,9-12H,1-2,4-5,7-8H2. The number of aromatic nitrogens is 1. The van der Waals surface area contributed by atoms with Crippen LogP contribution in [0.3, 0.4) is 0 Å². The fourth-order valence-corrected chi connectivity index (χ4v) is 3.94. The Bertz CT molecular complexity index is 625. The molecule has 2 aromatic rings. The van der Waals surface area contributed by atoms with E-state index in [1.54, 1.807) is 6.26 Å². The SMILES string of the molecule is O=C(c1csc(-c2ccco2)n1)N(C1CCCC1)C1CC1. The van der Waals surface area contributed by atoms with Crippen molar-refractivity contribution in [3.8, 4) is 10.8 Å². The third-order valence-corrected chi connectivity index (χ3v) is 5.20. The van der Waals surface area contributed by atoms with Gasteiger partial charge in [0.25, 0.3) is 5.91 Å². The van der Waals surface area contributed by atoms with Gasteiger partial charge in [-0.1, -0.05) is 12.8 Å². The van der Waals surface area contributed by atoms with Crippen LogP contribution in [0.25, 0.3) is 10.8 Å². The lowest BCUT2D eigenvalue weighted by Gasteiger charge is -2.28. The predicted octanol–water partition coefficient (Wildman–Crippen LogP) is 3.95. The largest absolute Gasteiger partial charge is 0.462 e. The summed E-state index contributed by atoms with van der Waals surface area (Å²) in [5.41, 5.74) is 0.574. The maximum absolute atomic E-state index is 12.8. The predicted molar refractivity (Wildman–Crippen MR) is 81.3 cm³/mol. The van der Waals surface area contributed by atoms with E-state index in [9.17, 15) is 4.79 Å². The molecule has 2 aliphatic carbocycles. The van der Waals surface area contributed by atoms with E-state index in [0.717, 1.165) is 36.5 Å². The number of hydrogen-bond acceptors (Lipinski definition) is 4. The first-order valence-corrected chi connectivity index (χ1v) is 8.53. The summed E-state index contributed by atoms with van der Waals surface area (Å²) >= 11 is 1.48. The van der Waals surface area contributed by atoms with Gasteiger partial charge in [0.2, 0.25) is 0 Å². The molecule has 0 bridgehead atoms. The molecule has 2 saturated carbocycles. The molecule has 0 N–H and O–H groups in total. The lowest BCUT2D eigenvalue weighted by molar-refractivity contribution is 0.0659. The van der Waals surface area contributed by atoms with Crippen LogP contribution in [0.4, 0.5) is 0 Å². The quantitative estimate of drug-likeness (QED) is 0.859. The second kappa shape index (κ2) is 5.30. The average Bonchev–Trinajstić information content (AvgIpc) is 3.00. The summed E-state index contributed by atoms with van der Waals surface area (Å²) in [5.74, 6) is 0.844. The Morgan fingerprint density at radius 3 is 2.67 bits per heavy atom. The monoisotopic (exact) mass is 302 g/mol. The lowest BCUT2D eigenvalue weighted by Crippen LogP contribution is -2.40. The highest BCUT2D eigenvalue weighted by Crippen LogP contribution is 2.36. The van der Waals surface area contributed by atoms with Gasteiger partial charge in [-0.25, -0.2) is 4.98 Å². The minimum absolute atomic E-state index is 0.110. The molecule has 110 valence electrons. The molecule has 0 radical (unpaired) electrons. The highest BCUT2D eigenvalue weighted by Gasteiger charge is 2.39. The van der Waals surface area contributed by atoms with Crippen molar-refractivity contribution in [2.45, 2.75) is 50.6 Å². The van der Waals surface area contributed by atoms with Crippen LogP contribution < -0.4 is 0 Å². The molecule has 0 aromatic carbocycles. The molecule has 2 heterocycles. The molecule has 4 rings (SSSR count). The lowest BCUT2D eigenvalue weighted by atomic mass is 10.2. The molecule has 0 atom stereocenters. The fraction of sp³-hybridized carbons (Fsp3) is 0.500. The van der Waals surface area contributed by atoms with E-state index in [0.29, 0.717) is 17.8 Å². The Kier molecular flexibility index (Phi) is 3.30. The molecular formula is C16H18N2O2S. The summed E-state index contributed by atoms with van der Waals surface area (Å²) in [6.07, 6.45) is 8.72. The van der Waals surface area contributed by atoms with Crippen molar-refractivity contribution in [2.24, 2.45) is 0 Å². The second-order valence-corrected chi connectivity index (χ2v) is 6.76. The molecule has 0 unspecified atom stereocenters. The summed E-state index contributed by atoms with van der Waals surface area (Å²) in [5, 5.41) is 2.65. The van der Waals surface area contributed by atoms with Gasteiger partial charge in [-0.3, -0.25) is 4.79 Å². The van der Waals surface area contributed by atoms with Gasteiger partial charge in [0.1, 0.15) is 5.69 Å². The van der Waals surface area contributed by atoms with Crippen molar-refractivity contribution in [3.63, 3.8) is 0 Å². The van der Waals surface area contributed by atoms with E-state index in [4.69, 9.17) is 4.42 Å². The Balaban J connectivity index is 1.58. The van der Waals surface area contributed by atoms with Crippen molar-refractivity contribution in [3.05, 3.63) is 29.5 Å². The molecule has 2 aromatic heterocycles. The molecule has 2 aliphatic rings. The van der Waals surface area contributed by atoms with Gasteiger partial charge >= 0.3 is 0 Å². The van der Waals surface area contributed by atoms with Crippen molar-refractivity contribution >= 4 is 17.2 Å². The number of rotatable bonds is 4. The van der Waals surface area contributed by atoms with Crippen LogP contribution in [0.15, 0.2) is 28.2 Å². The minimum Gasteiger partial charge on any atom is -0.462 e. The molecule has 1 amide bonds. The van der Waals surface area contributed by atoms with Gasteiger partial charge in [-0.15, -0.1) is 11.3 Å². The van der Waals surface area contributed by atoms with Crippen molar-refractivity contribution in [1.82, 2.24) is 9.88 Å². The summed E-state index contributed by atoms with van der Waals surface area (Å²) in [6, 6.07) is 4.60. The molecule has 21 heavy (non-hydrogen) atoms. The van der Waals surface area contributed by atoms with E-state index in [2.05, 4.69) is 9.88 Å². The zero-order chi connectivity index (χ0) is 14.2. The Hall–Kier alpha value is -1.62. The van der Waals surface area contributed by atoms with Gasteiger partial charge in [0.05, 0.1) is 6.26 Å². The fourth-order valence-electron chi connectivity index (χ4n) is 3.18. The molecule has 0 aliphatic heterocycles. The highest BCUT2D eigenvalue weighted by atomic mass is 32.1. The van der Waals surface area contributed by atoms with Crippen LogP contribution in [0.1, 0.15) is 49.0 Å². The number of thiazole rings is 1.